The number of amides is 1. The Labute approximate surface area is 199 Å². The molecule has 8 heteroatoms. The van der Waals surface area contributed by atoms with Crippen LogP contribution in [-0.2, 0) is 11.3 Å². The van der Waals surface area contributed by atoms with Gasteiger partial charge in [0.2, 0.25) is 5.91 Å². The molecule has 1 aromatic heterocycles. The number of benzene rings is 2. The molecule has 0 aliphatic rings. The zero-order valence-corrected chi connectivity index (χ0v) is 20.9. The Balaban J connectivity index is 1.72. The molecule has 0 aliphatic carbocycles. The maximum atomic E-state index is 12.6. The maximum absolute atomic E-state index is 12.6. The van der Waals surface area contributed by atoms with Crippen molar-refractivity contribution in [2.45, 2.75) is 52.4 Å². The monoisotopic (exact) mass is 468 g/mol. The number of aromatic nitrogens is 3. The van der Waals surface area contributed by atoms with Gasteiger partial charge in [0.15, 0.2) is 17.1 Å². The van der Waals surface area contributed by atoms with Crippen molar-refractivity contribution in [1.29, 1.82) is 0 Å². The summed E-state index contributed by atoms with van der Waals surface area (Å²) in [6.45, 7) is 10.9. The van der Waals surface area contributed by atoms with E-state index in [1.54, 1.807) is 7.11 Å². The van der Waals surface area contributed by atoms with E-state index in [0.717, 1.165) is 34.9 Å². The van der Waals surface area contributed by atoms with Gasteiger partial charge in [0, 0.05) is 18.3 Å². The van der Waals surface area contributed by atoms with Crippen molar-refractivity contribution in [1.82, 2.24) is 14.8 Å². The first kappa shape index (κ1) is 24.6. The number of carbonyl (C=O) groups is 1. The van der Waals surface area contributed by atoms with E-state index >= 15 is 0 Å². The minimum Gasteiger partial charge on any atom is -0.497 e. The highest BCUT2D eigenvalue weighted by Gasteiger charge is 2.21. The van der Waals surface area contributed by atoms with Crippen LogP contribution in [0.1, 0.15) is 43.8 Å². The fourth-order valence-corrected chi connectivity index (χ4v) is 4.25. The molecule has 1 heterocycles. The quantitative estimate of drug-likeness (QED) is 0.400. The molecule has 0 radical (unpaired) electrons. The molecule has 1 unspecified atom stereocenters. The third-order valence-electron chi connectivity index (χ3n) is 5.09. The van der Waals surface area contributed by atoms with Gasteiger partial charge in [-0.1, -0.05) is 49.9 Å². The molecule has 0 saturated carbocycles. The summed E-state index contributed by atoms with van der Waals surface area (Å²) >= 11 is 1.38. The van der Waals surface area contributed by atoms with Crippen molar-refractivity contribution < 1.29 is 14.3 Å². The van der Waals surface area contributed by atoms with E-state index in [-0.39, 0.29) is 17.8 Å². The van der Waals surface area contributed by atoms with Crippen LogP contribution in [0.3, 0.4) is 0 Å². The lowest BCUT2D eigenvalue weighted by Gasteiger charge is -2.18. The Morgan fingerprint density at radius 2 is 1.73 bits per heavy atom. The van der Waals surface area contributed by atoms with Gasteiger partial charge in [-0.2, -0.15) is 0 Å². The Kier molecular flexibility index (Phi) is 8.38. The fraction of sp³-hybridized carbons (Fsp3) is 0.400. The summed E-state index contributed by atoms with van der Waals surface area (Å²) in [4.78, 5) is 12.6. The van der Waals surface area contributed by atoms with E-state index in [9.17, 15) is 4.79 Å². The summed E-state index contributed by atoms with van der Waals surface area (Å²) in [6, 6.07) is 13.4. The fourth-order valence-electron chi connectivity index (χ4n) is 3.49. The van der Waals surface area contributed by atoms with Crippen LogP contribution < -0.4 is 14.8 Å². The highest BCUT2D eigenvalue weighted by atomic mass is 32.2. The van der Waals surface area contributed by atoms with Crippen molar-refractivity contribution in [3.05, 3.63) is 59.4 Å². The highest BCUT2D eigenvalue weighted by molar-refractivity contribution is 7.99. The molecule has 7 nitrogen and oxygen atoms in total. The first-order chi connectivity index (χ1) is 15.8. The minimum absolute atomic E-state index is 0.0706. The summed E-state index contributed by atoms with van der Waals surface area (Å²) < 4.78 is 13.4. The molecule has 2 aromatic carbocycles. The summed E-state index contributed by atoms with van der Waals surface area (Å²) in [5, 5.41) is 12.5. The number of thioether (sulfide) groups is 1. The first-order valence-electron chi connectivity index (χ1n) is 11.0. The molecule has 1 N–H and O–H groups in total. The van der Waals surface area contributed by atoms with Gasteiger partial charge in [0.05, 0.1) is 12.9 Å². The van der Waals surface area contributed by atoms with Crippen LogP contribution in [0.25, 0.3) is 0 Å². The van der Waals surface area contributed by atoms with Crippen molar-refractivity contribution in [3.8, 4) is 11.5 Å². The molecular weight excluding hydrogens is 436 g/mol. The number of ether oxygens (including phenoxy) is 2. The third kappa shape index (κ3) is 6.51. The van der Waals surface area contributed by atoms with Crippen molar-refractivity contribution >= 4 is 23.4 Å². The average Bonchev–Trinajstić information content (AvgIpc) is 3.17. The van der Waals surface area contributed by atoms with E-state index in [0.29, 0.717) is 16.8 Å². The number of rotatable bonds is 10. The summed E-state index contributed by atoms with van der Waals surface area (Å²) in [5.41, 5.74) is 2.96. The van der Waals surface area contributed by atoms with Crippen molar-refractivity contribution in [2.75, 3.05) is 18.2 Å². The molecular formula is C25H32N4O3S. The lowest BCUT2D eigenvalue weighted by molar-refractivity contribution is -0.113. The van der Waals surface area contributed by atoms with E-state index in [1.165, 1.54) is 11.8 Å². The second-order valence-electron chi connectivity index (χ2n) is 8.39. The number of aryl methyl sites for hydroxylation is 2. The SMILES string of the molecule is COc1cccc(OC(C)c2nnc(SCC(=O)Nc3c(C)cccc3C)n2CC(C)C)c1. The van der Waals surface area contributed by atoms with Gasteiger partial charge in [-0.05, 0) is 49.9 Å². The number of hydrogen-bond donors (Lipinski definition) is 1. The van der Waals surface area contributed by atoms with Gasteiger partial charge in [-0.15, -0.1) is 10.2 Å². The molecule has 0 aliphatic heterocycles. The van der Waals surface area contributed by atoms with Gasteiger partial charge in [-0.25, -0.2) is 0 Å². The highest BCUT2D eigenvalue weighted by Crippen LogP contribution is 2.28. The molecule has 33 heavy (non-hydrogen) atoms. The zero-order valence-electron chi connectivity index (χ0n) is 20.1. The first-order valence-corrected chi connectivity index (χ1v) is 12.0. The number of para-hydroxylation sites is 1. The second kappa shape index (κ2) is 11.2. The van der Waals surface area contributed by atoms with Gasteiger partial charge in [0.25, 0.3) is 0 Å². The number of nitrogens with zero attached hydrogens (tertiary/aromatic N) is 3. The predicted molar refractivity (Wildman–Crippen MR) is 132 cm³/mol. The van der Waals surface area contributed by atoms with Gasteiger partial charge in [-0.3, -0.25) is 4.79 Å². The van der Waals surface area contributed by atoms with Crippen LogP contribution in [0.5, 0.6) is 11.5 Å². The van der Waals surface area contributed by atoms with Crippen molar-refractivity contribution in [3.63, 3.8) is 0 Å². The van der Waals surface area contributed by atoms with Crippen LogP contribution in [0, 0.1) is 19.8 Å². The van der Waals surface area contributed by atoms with Gasteiger partial charge >= 0.3 is 0 Å². The van der Waals surface area contributed by atoms with E-state index < -0.39 is 0 Å². The molecule has 3 aromatic rings. The smallest absolute Gasteiger partial charge is 0.234 e. The lowest BCUT2D eigenvalue weighted by Crippen LogP contribution is -2.18. The molecule has 1 atom stereocenters. The molecule has 176 valence electrons. The van der Waals surface area contributed by atoms with Crippen LogP contribution in [0.15, 0.2) is 47.6 Å². The Morgan fingerprint density at radius 1 is 1.06 bits per heavy atom. The molecule has 0 bridgehead atoms. The number of nitrogens with one attached hydrogen (secondary N) is 1. The minimum atomic E-state index is -0.318. The van der Waals surface area contributed by atoms with Crippen LogP contribution >= 0.6 is 11.8 Å². The molecule has 1 amide bonds. The lowest BCUT2D eigenvalue weighted by atomic mass is 10.1. The summed E-state index contributed by atoms with van der Waals surface area (Å²) in [6.07, 6.45) is -0.318. The molecule has 0 saturated heterocycles. The Bertz CT molecular complexity index is 1080. The Morgan fingerprint density at radius 3 is 2.39 bits per heavy atom. The van der Waals surface area contributed by atoms with Crippen LogP contribution in [-0.4, -0.2) is 33.5 Å². The molecule has 0 fully saturated rings. The van der Waals surface area contributed by atoms with Gasteiger partial charge < -0.3 is 19.4 Å². The average molecular weight is 469 g/mol. The largest absolute Gasteiger partial charge is 0.497 e. The van der Waals surface area contributed by atoms with Crippen LogP contribution in [0.2, 0.25) is 0 Å². The summed E-state index contributed by atoms with van der Waals surface area (Å²) in [7, 11) is 1.63. The second-order valence-corrected chi connectivity index (χ2v) is 9.33. The third-order valence-corrected chi connectivity index (χ3v) is 6.06. The van der Waals surface area contributed by atoms with E-state index in [2.05, 4.69) is 29.4 Å². The standard InChI is InChI=1S/C25H32N4O3S/c1-16(2)14-29-24(19(5)32-21-12-8-11-20(13-21)31-6)27-28-25(29)33-15-22(30)26-23-17(3)9-7-10-18(23)4/h7-13,16,19H,14-15H2,1-6H3,(H,26,30). The number of anilines is 1. The van der Waals surface area contributed by atoms with Gasteiger partial charge in [0.1, 0.15) is 11.5 Å². The Hall–Kier alpha value is -3.00. The zero-order chi connectivity index (χ0) is 24.0. The van der Waals surface area contributed by atoms with Crippen LogP contribution in [0.4, 0.5) is 5.69 Å². The number of methoxy groups -OCH3 is 1. The number of carbonyl (C=O) groups excluding carboxylic acids is 1. The predicted octanol–water partition coefficient (Wildman–Crippen LogP) is 5.43. The van der Waals surface area contributed by atoms with E-state index in [4.69, 9.17) is 9.47 Å². The maximum Gasteiger partial charge on any atom is 0.234 e. The topological polar surface area (TPSA) is 78.3 Å². The van der Waals surface area contributed by atoms with Crippen molar-refractivity contribution in [2.24, 2.45) is 5.92 Å². The molecule has 0 spiro atoms. The van der Waals surface area contributed by atoms with E-state index in [1.807, 2.05) is 67.8 Å². The number of hydrogen-bond acceptors (Lipinski definition) is 6. The molecule has 3 rings (SSSR count). The summed E-state index contributed by atoms with van der Waals surface area (Å²) in [5.74, 6) is 2.71. The normalized spacial score (nSPS) is 12.0.